The fourth-order valence-electron chi connectivity index (χ4n) is 2.79. The second-order valence-electron chi connectivity index (χ2n) is 5.82. The average Bonchev–Trinajstić information content (AvgIpc) is 3.32. The van der Waals surface area contributed by atoms with Crippen molar-refractivity contribution in [3.8, 4) is 0 Å². The lowest BCUT2D eigenvalue weighted by atomic mass is 9.99. The second-order valence-corrected chi connectivity index (χ2v) is 5.82. The highest BCUT2D eigenvalue weighted by molar-refractivity contribution is 5.96. The van der Waals surface area contributed by atoms with Gasteiger partial charge in [-0.2, -0.15) is 0 Å². The quantitative estimate of drug-likeness (QED) is 0.889. The van der Waals surface area contributed by atoms with Gasteiger partial charge in [0.25, 0.3) is 5.91 Å². The Balaban J connectivity index is 1.58. The van der Waals surface area contributed by atoms with E-state index in [1.54, 1.807) is 12.1 Å². The Labute approximate surface area is 123 Å². The Morgan fingerprint density at radius 2 is 1.76 bits per heavy atom. The number of aromatic carboxylic acids is 1. The molecule has 2 fully saturated rings. The molecular formula is C16H19NO4. The third-order valence-corrected chi connectivity index (χ3v) is 4.19. The summed E-state index contributed by atoms with van der Waals surface area (Å²) in [6.07, 6.45) is 4.48. The molecule has 0 radical (unpaired) electrons. The van der Waals surface area contributed by atoms with Gasteiger partial charge in [-0.05, 0) is 55.9 Å². The van der Waals surface area contributed by atoms with Crippen LogP contribution in [0.5, 0.6) is 0 Å². The van der Waals surface area contributed by atoms with E-state index in [0.29, 0.717) is 24.2 Å². The van der Waals surface area contributed by atoms with Gasteiger partial charge in [0.2, 0.25) is 0 Å². The smallest absolute Gasteiger partial charge is 0.335 e. The topological polar surface area (TPSA) is 75.6 Å². The van der Waals surface area contributed by atoms with Gasteiger partial charge in [0.05, 0.1) is 11.7 Å². The van der Waals surface area contributed by atoms with Crippen molar-refractivity contribution in [2.45, 2.75) is 37.8 Å². The molecule has 1 saturated carbocycles. The summed E-state index contributed by atoms with van der Waals surface area (Å²) >= 11 is 0. The SMILES string of the molecule is O=C(O)c1ccc(C(=O)NC2CCOC(C3CC3)C2)cc1. The maximum absolute atomic E-state index is 12.2. The number of nitrogens with one attached hydrogen (secondary N) is 1. The van der Waals surface area contributed by atoms with Gasteiger partial charge in [0.15, 0.2) is 0 Å². The van der Waals surface area contributed by atoms with Crippen LogP contribution in [0, 0.1) is 5.92 Å². The van der Waals surface area contributed by atoms with E-state index in [4.69, 9.17) is 9.84 Å². The zero-order valence-electron chi connectivity index (χ0n) is 11.7. The number of rotatable bonds is 4. The monoisotopic (exact) mass is 289 g/mol. The molecule has 1 aromatic rings. The number of carbonyl (C=O) groups is 2. The fourth-order valence-corrected chi connectivity index (χ4v) is 2.79. The lowest BCUT2D eigenvalue weighted by molar-refractivity contribution is -0.0102. The van der Waals surface area contributed by atoms with Crippen LogP contribution in [0.1, 0.15) is 46.4 Å². The van der Waals surface area contributed by atoms with Crippen LogP contribution >= 0.6 is 0 Å². The third kappa shape index (κ3) is 3.42. The molecule has 2 unspecified atom stereocenters. The molecule has 3 rings (SSSR count). The minimum atomic E-state index is -0.987. The van der Waals surface area contributed by atoms with Crippen molar-refractivity contribution in [2.75, 3.05) is 6.61 Å². The molecule has 2 N–H and O–H groups in total. The normalized spacial score (nSPS) is 25.3. The van der Waals surface area contributed by atoms with E-state index >= 15 is 0 Å². The molecule has 5 heteroatoms. The van der Waals surface area contributed by atoms with E-state index < -0.39 is 5.97 Å². The zero-order chi connectivity index (χ0) is 14.8. The molecule has 1 aromatic carbocycles. The van der Waals surface area contributed by atoms with Crippen molar-refractivity contribution < 1.29 is 19.4 Å². The molecule has 1 aliphatic heterocycles. The largest absolute Gasteiger partial charge is 0.478 e. The number of carboxylic acids is 1. The third-order valence-electron chi connectivity index (χ3n) is 4.19. The predicted octanol–water partition coefficient (Wildman–Crippen LogP) is 2.07. The van der Waals surface area contributed by atoms with Crippen molar-refractivity contribution in [3.63, 3.8) is 0 Å². The number of carbonyl (C=O) groups excluding carboxylic acids is 1. The summed E-state index contributed by atoms with van der Waals surface area (Å²) in [6.45, 7) is 0.698. The van der Waals surface area contributed by atoms with Gasteiger partial charge in [0, 0.05) is 18.2 Å². The van der Waals surface area contributed by atoms with Crippen molar-refractivity contribution >= 4 is 11.9 Å². The summed E-state index contributed by atoms with van der Waals surface area (Å²) in [5.74, 6) is -0.452. The maximum atomic E-state index is 12.2. The van der Waals surface area contributed by atoms with Gasteiger partial charge in [-0.25, -0.2) is 4.79 Å². The minimum Gasteiger partial charge on any atom is -0.478 e. The first kappa shape index (κ1) is 14.1. The van der Waals surface area contributed by atoms with E-state index in [-0.39, 0.29) is 17.5 Å². The Morgan fingerprint density at radius 1 is 1.10 bits per heavy atom. The van der Waals surface area contributed by atoms with Crippen molar-refractivity contribution in [1.29, 1.82) is 0 Å². The van der Waals surface area contributed by atoms with Crippen LogP contribution in [0.4, 0.5) is 0 Å². The first-order valence-electron chi connectivity index (χ1n) is 7.39. The van der Waals surface area contributed by atoms with E-state index in [2.05, 4.69) is 5.32 Å². The molecule has 2 aliphatic rings. The average molecular weight is 289 g/mol. The number of hydrogen-bond donors (Lipinski definition) is 2. The first-order chi connectivity index (χ1) is 10.1. The maximum Gasteiger partial charge on any atom is 0.335 e. The van der Waals surface area contributed by atoms with Crippen LogP contribution in [0.25, 0.3) is 0 Å². The van der Waals surface area contributed by atoms with Gasteiger partial charge >= 0.3 is 5.97 Å². The summed E-state index contributed by atoms with van der Waals surface area (Å²) in [5, 5.41) is 11.9. The Bertz CT molecular complexity index is 536. The van der Waals surface area contributed by atoms with Gasteiger partial charge < -0.3 is 15.2 Å². The van der Waals surface area contributed by atoms with Crippen LogP contribution in [0.3, 0.4) is 0 Å². The van der Waals surface area contributed by atoms with Crippen molar-refractivity contribution in [3.05, 3.63) is 35.4 Å². The zero-order valence-corrected chi connectivity index (χ0v) is 11.7. The van der Waals surface area contributed by atoms with Crippen LogP contribution in [0.2, 0.25) is 0 Å². The number of hydrogen-bond acceptors (Lipinski definition) is 3. The van der Waals surface area contributed by atoms with Crippen LogP contribution in [-0.4, -0.2) is 35.7 Å². The second kappa shape index (κ2) is 5.85. The molecule has 1 aliphatic carbocycles. The fraction of sp³-hybridized carbons (Fsp3) is 0.500. The van der Waals surface area contributed by atoms with Crippen molar-refractivity contribution in [2.24, 2.45) is 5.92 Å². The van der Waals surface area contributed by atoms with E-state index in [0.717, 1.165) is 12.8 Å². The molecule has 0 aromatic heterocycles. The Morgan fingerprint density at radius 3 is 2.38 bits per heavy atom. The number of benzene rings is 1. The first-order valence-corrected chi connectivity index (χ1v) is 7.39. The molecule has 0 spiro atoms. The van der Waals surface area contributed by atoms with Crippen LogP contribution in [0.15, 0.2) is 24.3 Å². The molecule has 21 heavy (non-hydrogen) atoms. The summed E-state index contributed by atoms with van der Waals surface area (Å²) in [5.41, 5.74) is 0.681. The molecule has 1 amide bonds. The van der Waals surface area contributed by atoms with Gasteiger partial charge in [-0.15, -0.1) is 0 Å². The summed E-state index contributed by atoms with van der Waals surface area (Å²) in [4.78, 5) is 23.0. The lowest BCUT2D eigenvalue weighted by Gasteiger charge is -2.30. The molecule has 112 valence electrons. The van der Waals surface area contributed by atoms with E-state index in [9.17, 15) is 9.59 Å². The molecule has 5 nitrogen and oxygen atoms in total. The van der Waals surface area contributed by atoms with Crippen molar-refractivity contribution in [1.82, 2.24) is 5.32 Å². The molecule has 2 atom stereocenters. The predicted molar refractivity (Wildman–Crippen MR) is 76.4 cm³/mol. The van der Waals surface area contributed by atoms with E-state index in [1.807, 2.05) is 0 Å². The van der Waals surface area contributed by atoms with Gasteiger partial charge in [-0.3, -0.25) is 4.79 Å². The Kier molecular flexibility index (Phi) is 3.92. The summed E-state index contributed by atoms with van der Waals surface area (Å²) in [6, 6.07) is 6.16. The summed E-state index contributed by atoms with van der Waals surface area (Å²) in [7, 11) is 0. The summed E-state index contributed by atoms with van der Waals surface area (Å²) < 4.78 is 5.74. The molecule has 0 bridgehead atoms. The highest BCUT2D eigenvalue weighted by Gasteiger charge is 2.36. The van der Waals surface area contributed by atoms with Crippen LogP contribution < -0.4 is 5.32 Å². The standard InChI is InChI=1S/C16H19NO4/c18-15(11-3-5-12(6-4-11)16(19)20)17-13-7-8-21-14(9-13)10-1-2-10/h3-6,10,13-14H,1-2,7-9H2,(H,17,18)(H,19,20). The minimum absolute atomic E-state index is 0.145. The lowest BCUT2D eigenvalue weighted by Crippen LogP contribution is -2.42. The number of amides is 1. The van der Waals surface area contributed by atoms with Crippen LogP contribution in [-0.2, 0) is 4.74 Å². The highest BCUT2D eigenvalue weighted by atomic mass is 16.5. The van der Waals surface area contributed by atoms with E-state index in [1.165, 1.54) is 25.0 Å². The van der Waals surface area contributed by atoms with Gasteiger partial charge in [0.1, 0.15) is 0 Å². The highest BCUT2D eigenvalue weighted by Crippen LogP contribution is 2.38. The Hall–Kier alpha value is -1.88. The number of carboxylic acid groups (broad SMARTS) is 1. The van der Waals surface area contributed by atoms with Gasteiger partial charge in [-0.1, -0.05) is 0 Å². The molecule has 1 saturated heterocycles. The number of ether oxygens (including phenoxy) is 1. The molecule has 1 heterocycles. The molecular weight excluding hydrogens is 270 g/mol.